The summed E-state index contributed by atoms with van der Waals surface area (Å²) in [5, 5.41) is 3.23. The quantitative estimate of drug-likeness (QED) is 0.611. The fourth-order valence-electron chi connectivity index (χ4n) is 1.89. The molecule has 0 bridgehead atoms. The van der Waals surface area contributed by atoms with Gasteiger partial charge in [0.15, 0.2) is 0 Å². The average molecular weight is 230 g/mol. The van der Waals surface area contributed by atoms with Crippen LogP contribution in [0, 0.1) is 0 Å². The number of likely N-dealkylation sites (tertiary alicyclic amines) is 1. The zero-order valence-electron chi connectivity index (χ0n) is 8.78. The van der Waals surface area contributed by atoms with Crippen LogP contribution in [0.1, 0.15) is 6.92 Å². The zero-order chi connectivity index (χ0) is 11.1. The van der Waals surface area contributed by atoms with Crippen LogP contribution in [0.25, 0.3) is 0 Å². The van der Waals surface area contributed by atoms with Gasteiger partial charge in [0.1, 0.15) is 10.9 Å². The van der Waals surface area contributed by atoms with E-state index < -0.39 is 0 Å². The average Bonchev–Trinajstić information content (AvgIpc) is 2.58. The van der Waals surface area contributed by atoms with Crippen molar-refractivity contribution < 1.29 is 14.3 Å². The number of thioether (sulfide) groups is 1. The number of hydrogen-bond acceptors (Lipinski definition) is 5. The molecule has 0 saturated carbocycles. The molecule has 84 valence electrons. The lowest BCUT2D eigenvalue weighted by atomic mass is 10.1. The first-order chi connectivity index (χ1) is 7.06. The van der Waals surface area contributed by atoms with Crippen molar-refractivity contribution in [2.24, 2.45) is 0 Å². The Morgan fingerprint density at radius 3 is 2.73 bits per heavy atom. The number of nitrogens with one attached hydrogen (secondary N) is 1. The molecular formula is C9H14N2O3S. The predicted molar refractivity (Wildman–Crippen MR) is 56.4 cm³/mol. The van der Waals surface area contributed by atoms with Gasteiger partial charge in [-0.25, -0.2) is 0 Å². The first kappa shape index (κ1) is 10.8. The maximum atomic E-state index is 11.3. The van der Waals surface area contributed by atoms with Crippen LogP contribution in [0.3, 0.4) is 0 Å². The van der Waals surface area contributed by atoms with E-state index in [1.165, 1.54) is 7.11 Å². The normalized spacial score (nSPS) is 27.6. The molecule has 2 fully saturated rings. The van der Waals surface area contributed by atoms with Crippen LogP contribution >= 0.6 is 11.8 Å². The van der Waals surface area contributed by atoms with E-state index in [1.54, 1.807) is 23.6 Å². The van der Waals surface area contributed by atoms with E-state index in [1.807, 2.05) is 0 Å². The van der Waals surface area contributed by atoms with Crippen LogP contribution in [0.2, 0.25) is 0 Å². The summed E-state index contributed by atoms with van der Waals surface area (Å²) >= 11 is 1.70. The highest BCUT2D eigenvalue weighted by Crippen LogP contribution is 2.38. The van der Waals surface area contributed by atoms with Gasteiger partial charge in [0.2, 0.25) is 5.91 Å². The lowest BCUT2D eigenvalue weighted by Gasteiger charge is -2.47. The highest BCUT2D eigenvalue weighted by Gasteiger charge is 2.51. The SMILES string of the molecule is COC(=O)[C@@H]1CSC2(CN(C(C)=O)C2)N1. The monoisotopic (exact) mass is 230 g/mol. The Labute approximate surface area is 92.5 Å². The largest absolute Gasteiger partial charge is 0.468 e. The predicted octanol–water partition coefficient (Wildman–Crippen LogP) is -0.577. The standard InChI is InChI=1S/C9H14N2O3S/c1-6(12)11-4-9(5-11)10-7(3-15-9)8(13)14-2/h7,10H,3-5H2,1-2H3/t7-/m0/s1. The van der Waals surface area contributed by atoms with Gasteiger partial charge < -0.3 is 9.64 Å². The van der Waals surface area contributed by atoms with Crippen molar-refractivity contribution in [3.8, 4) is 0 Å². The molecule has 2 aliphatic heterocycles. The second-order valence-corrected chi connectivity index (χ2v) is 5.30. The summed E-state index contributed by atoms with van der Waals surface area (Å²) in [6.45, 7) is 2.92. The molecule has 2 heterocycles. The van der Waals surface area contributed by atoms with Gasteiger partial charge in [0, 0.05) is 12.7 Å². The molecule has 0 aromatic heterocycles. The Balaban J connectivity index is 1.89. The third-order valence-corrected chi connectivity index (χ3v) is 4.22. The number of esters is 1. The van der Waals surface area contributed by atoms with Gasteiger partial charge in [0.25, 0.3) is 0 Å². The molecule has 0 aromatic rings. The Kier molecular flexibility index (Phi) is 2.64. The summed E-state index contributed by atoms with van der Waals surface area (Å²) in [7, 11) is 1.39. The maximum Gasteiger partial charge on any atom is 0.323 e. The highest BCUT2D eigenvalue weighted by molar-refractivity contribution is 8.01. The molecule has 1 N–H and O–H groups in total. The van der Waals surface area contributed by atoms with E-state index in [-0.39, 0.29) is 22.8 Å². The molecule has 0 aliphatic carbocycles. The van der Waals surface area contributed by atoms with Crippen LogP contribution in [-0.2, 0) is 14.3 Å². The summed E-state index contributed by atoms with van der Waals surface area (Å²) in [5.41, 5.74) is 0. The van der Waals surface area contributed by atoms with Gasteiger partial charge in [-0.15, -0.1) is 11.8 Å². The molecule has 1 amide bonds. The number of hydrogen-bond donors (Lipinski definition) is 1. The number of carbonyl (C=O) groups is 2. The lowest BCUT2D eigenvalue weighted by molar-refractivity contribution is -0.143. The molecule has 15 heavy (non-hydrogen) atoms. The van der Waals surface area contributed by atoms with Gasteiger partial charge in [-0.1, -0.05) is 0 Å². The fourth-order valence-corrected chi connectivity index (χ4v) is 3.31. The van der Waals surface area contributed by atoms with Gasteiger partial charge in [-0.05, 0) is 0 Å². The third kappa shape index (κ3) is 1.83. The van der Waals surface area contributed by atoms with E-state index in [9.17, 15) is 9.59 Å². The third-order valence-electron chi connectivity index (χ3n) is 2.79. The number of carbonyl (C=O) groups excluding carboxylic acids is 2. The van der Waals surface area contributed by atoms with Crippen LogP contribution in [-0.4, -0.2) is 53.6 Å². The molecule has 1 atom stereocenters. The topological polar surface area (TPSA) is 58.6 Å². The van der Waals surface area contributed by atoms with E-state index in [0.29, 0.717) is 13.1 Å². The van der Waals surface area contributed by atoms with E-state index >= 15 is 0 Å². The number of rotatable bonds is 1. The molecule has 6 heteroatoms. The Morgan fingerprint density at radius 1 is 1.53 bits per heavy atom. The van der Waals surface area contributed by atoms with Gasteiger partial charge >= 0.3 is 5.97 Å². The molecule has 1 spiro atoms. The zero-order valence-corrected chi connectivity index (χ0v) is 9.60. The van der Waals surface area contributed by atoms with Crippen molar-refractivity contribution in [2.45, 2.75) is 17.8 Å². The Hall–Kier alpha value is -0.750. The van der Waals surface area contributed by atoms with Gasteiger partial charge in [-0.3, -0.25) is 14.9 Å². The maximum absolute atomic E-state index is 11.3. The molecule has 2 aliphatic rings. The molecular weight excluding hydrogens is 216 g/mol. The molecule has 5 nitrogen and oxygen atoms in total. The van der Waals surface area contributed by atoms with Crippen LogP contribution in [0.4, 0.5) is 0 Å². The van der Waals surface area contributed by atoms with E-state index in [2.05, 4.69) is 10.1 Å². The van der Waals surface area contributed by atoms with Crippen molar-refractivity contribution in [1.82, 2.24) is 10.2 Å². The van der Waals surface area contributed by atoms with Gasteiger partial charge in [-0.2, -0.15) is 0 Å². The number of ether oxygens (including phenoxy) is 1. The summed E-state index contributed by atoms with van der Waals surface area (Å²) in [4.78, 5) is 24.0. The van der Waals surface area contributed by atoms with Crippen molar-refractivity contribution in [3.05, 3.63) is 0 Å². The van der Waals surface area contributed by atoms with Crippen molar-refractivity contribution in [3.63, 3.8) is 0 Å². The summed E-state index contributed by atoms with van der Waals surface area (Å²) in [6, 6.07) is -0.228. The molecule has 0 aromatic carbocycles. The second kappa shape index (κ2) is 3.68. The fraction of sp³-hybridized carbons (Fsp3) is 0.778. The minimum absolute atomic E-state index is 0.0875. The number of nitrogens with zero attached hydrogens (tertiary/aromatic N) is 1. The summed E-state index contributed by atoms with van der Waals surface area (Å²) in [5.74, 6) is 0.587. The first-order valence-corrected chi connectivity index (χ1v) is 5.80. The summed E-state index contributed by atoms with van der Waals surface area (Å²) in [6.07, 6.45) is 0. The Morgan fingerprint density at radius 2 is 2.20 bits per heavy atom. The van der Waals surface area contributed by atoms with E-state index in [0.717, 1.165) is 5.75 Å². The minimum Gasteiger partial charge on any atom is -0.468 e. The van der Waals surface area contributed by atoms with Gasteiger partial charge in [0.05, 0.1) is 20.2 Å². The van der Waals surface area contributed by atoms with E-state index in [4.69, 9.17) is 0 Å². The van der Waals surface area contributed by atoms with Crippen molar-refractivity contribution >= 4 is 23.6 Å². The van der Waals surface area contributed by atoms with Crippen molar-refractivity contribution in [1.29, 1.82) is 0 Å². The molecule has 2 saturated heterocycles. The van der Waals surface area contributed by atoms with Crippen LogP contribution < -0.4 is 5.32 Å². The molecule has 0 radical (unpaired) electrons. The summed E-state index contributed by atoms with van der Waals surface area (Å²) < 4.78 is 4.68. The van der Waals surface area contributed by atoms with Crippen LogP contribution in [0.15, 0.2) is 0 Å². The lowest BCUT2D eigenvalue weighted by Crippen LogP contribution is -2.67. The molecule has 0 unspecified atom stereocenters. The number of methoxy groups -OCH3 is 1. The first-order valence-electron chi connectivity index (χ1n) is 4.81. The Bertz CT molecular complexity index is 302. The minimum atomic E-state index is -0.228. The smallest absolute Gasteiger partial charge is 0.323 e. The number of amides is 1. The van der Waals surface area contributed by atoms with Crippen LogP contribution in [0.5, 0.6) is 0 Å². The van der Waals surface area contributed by atoms with Crippen molar-refractivity contribution in [2.75, 3.05) is 26.0 Å². The second-order valence-electron chi connectivity index (χ2n) is 3.90. The molecule has 2 rings (SSSR count). The highest BCUT2D eigenvalue weighted by atomic mass is 32.2.